The molecular formula is C25H25Cl2N3O3. The van der Waals surface area contributed by atoms with Crippen LogP contribution in [0, 0.1) is 6.92 Å². The van der Waals surface area contributed by atoms with Crippen LogP contribution in [0.2, 0.25) is 10.0 Å². The fourth-order valence-corrected chi connectivity index (χ4v) is 3.44. The molecule has 33 heavy (non-hydrogen) atoms. The van der Waals surface area contributed by atoms with E-state index in [1.807, 2.05) is 50.2 Å². The van der Waals surface area contributed by atoms with Gasteiger partial charge in [-0.05, 0) is 61.5 Å². The van der Waals surface area contributed by atoms with Crippen LogP contribution in [0.4, 0.5) is 11.4 Å². The van der Waals surface area contributed by atoms with Crippen LogP contribution < -0.4 is 15.4 Å². The van der Waals surface area contributed by atoms with E-state index in [1.165, 1.54) is 0 Å². The number of ether oxygens (including phenoxy) is 1. The van der Waals surface area contributed by atoms with Crippen LogP contribution in [0.15, 0.2) is 66.7 Å². The molecule has 0 radical (unpaired) electrons. The van der Waals surface area contributed by atoms with Crippen molar-refractivity contribution in [3.05, 3.63) is 82.3 Å². The van der Waals surface area contributed by atoms with Gasteiger partial charge in [-0.2, -0.15) is 0 Å². The zero-order valence-corrected chi connectivity index (χ0v) is 19.9. The van der Waals surface area contributed by atoms with Crippen LogP contribution in [-0.4, -0.2) is 36.3 Å². The van der Waals surface area contributed by atoms with Gasteiger partial charge in [0, 0.05) is 15.7 Å². The number of amides is 2. The number of rotatable bonds is 9. The van der Waals surface area contributed by atoms with Gasteiger partial charge in [0.2, 0.25) is 11.8 Å². The van der Waals surface area contributed by atoms with Crippen LogP contribution in [0.1, 0.15) is 12.5 Å². The molecule has 0 aliphatic carbocycles. The number of carbonyl (C=O) groups excluding carboxylic acids is 2. The monoisotopic (exact) mass is 485 g/mol. The molecule has 172 valence electrons. The number of benzene rings is 3. The molecule has 2 amide bonds. The Bertz CT molecular complexity index is 1120. The fourth-order valence-electron chi connectivity index (χ4n) is 3.10. The second kappa shape index (κ2) is 11.7. The molecule has 2 N–H and O–H groups in total. The molecular weight excluding hydrogens is 461 g/mol. The van der Waals surface area contributed by atoms with E-state index in [-0.39, 0.29) is 24.9 Å². The highest BCUT2D eigenvalue weighted by atomic mass is 35.5. The third kappa shape index (κ3) is 7.49. The Morgan fingerprint density at radius 1 is 0.848 bits per heavy atom. The second-order valence-corrected chi connectivity index (χ2v) is 8.29. The molecule has 0 fully saturated rings. The van der Waals surface area contributed by atoms with Gasteiger partial charge in [0.25, 0.3) is 0 Å². The van der Waals surface area contributed by atoms with Crippen molar-refractivity contribution in [2.24, 2.45) is 0 Å². The number of anilines is 2. The van der Waals surface area contributed by atoms with Gasteiger partial charge in [0.1, 0.15) is 5.75 Å². The lowest BCUT2D eigenvalue weighted by atomic mass is 10.2. The number of nitrogens with zero attached hydrogens (tertiary/aromatic N) is 1. The van der Waals surface area contributed by atoms with Crippen molar-refractivity contribution in [3.8, 4) is 11.5 Å². The number of hydrogen-bond donors (Lipinski definition) is 2. The molecule has 0 bridgehead atoms. The van der Waals surface area contributed by atoms with Crippen LogP contribution in [0.3, 0.4) is 0 Å². The topological polar surface area (TPSA) is 70.7 Å². The van der Waals surface area contributed by atoms with Crippen molar-refractivity contribution in [3.63, 3.8) is 0 Å². The summed E-state index contributed by atoms with van der Waals surface area (Å²) in [7, 11) is 0. The maximum atomic E-state index is 12.7. The van der Waals surface area contributed by atoms with E-state index in [4.69, 9.17) is 27.9 Å². The molecule has 0 unspecified atom stereocenters. The first-order chi connectivity index (χ1) is 15.8. The number of halogens is 2. The first kappa shape index (κ1) is 24.6. The number of hydrogen-bond acceptors (Lipinski definition) is 4. The van der Waals surface area contributed by atoms with E-state index in [0.717, 1.165) is 5.56 Å². The van der Waals surface area contributed by atoms with Crippen molar-refractivity contribution in [1.29, 1.82) is 0 Å². The molecule has 6 nitrogen and oxygen atoms in total. The van der Waals surface area contributed by atoms with Crippen molar-refractivity contribution in [2.45, 2.75) is 13.8 Å². The van der Waals surface area contributed by atoms with E-state index < -0.39 is 0 Å². The standard InChI is InChI=1S/C25H25Cl2N3O3/c1-3-30(15-24(31)28-21-13-18(26)10-9-17(21)2)16-25(32)29-22-14-19(27)11-12-23(22)33-20-7-5-4-6-8-20/h4-14H,3,15-16H2,1-2H3,(H,28,31)(H,29,32). The Labute approximate surface area is 203 Å². The van der Waals surface area contributed by atoms with Crippen LogP contribution in [0.25, 0.3) is 0 Å². The van der Waals surface area contributed by atoms with Crippen LogP contribution in [-0.2, 0) is 9.59 Å². The summed E-state index contributed by atoms with van der Waals surface area (Å²) in [6.07, 6.45) is 0. The van der Waals surface area contributed by atoms with Gasteiger partial charge in [-0.3, -0.25) is 14.5 Å². The highest BCUT2D eigenvalue weighted by Crippen LogP contribution is 2.32. The lowest BCUT2D eigenvalue weighted by Gasteiger charge is -2.20. The number of likely N-dealkylation sites (N-methyl/N-ethyl adjacent to an activating group) is 1. The van der Waals surface area contributed by atoms with Crippen molar-refractivity contribution >= 4 is 46.4 Å². The Kier molecular flexibility index (Phi) is 8.72. The molecule has 0 saturated heterocycles. The average molecular weight is 486 g/mol. The van der Waals surface area contributed by atoms with E-state index >= 15 is 0 Å². The molecule has 3 rings (SSSR count). The predicted molar refractivity (Wildman–Crippen MR) is 134 cm³/mol. The van der Waals surface area contributed by atoms with Gasteiger partial charge in [-0.15, -0.1) is 0 Å². The van der Waals surface area contributed by atoms with E-state index in [2.05, 4.69) is 10.6 Å². The van der Waals surface area contributed by atoms with E-state index in [1.54, 1.807) is 35.2 Å². The normalized spacial score (nSPS) is 10.7. The minimum absolute atomic E-state index is 0.0235. The van der Waals surface area contributed by atoms with Crippen LogP contribution >= 0.6 is 23.2 Å². The minimum atomic E-state index is -0.288. The lowest BCUT2D eigenvalue weighted by molar-refractivity contribution is -0.119. The third-order valence-electron chi connectivity index (χ3n) is 4.84. The summed E-state index contributed by atoms with van der Waals surface area (Å²) in [4.78, 5) is 27.0. The minimum Gasteiger partial charge on any atom is -0.455 e. The number of aryl methyl sites for hydroxylation is 1. The molecule has 0 saturated carbocycles. The van der Waals surface area contributed by atoms with Crippen molar-refractivity contribution < 1.29 is 14.3 Å². The zero-order valence-electron chi connectivity index (χ0n) is 18.4. The summed E-state index contributed by atoms with van der Waals surface area (Å²) in [5, 5.41) is 6.69. The molecule has 3 aromatic rings. The fraction of sp³-hybridized carbons (Fsp3) is 0.200. The highest BCUT2D eigenvalue weighted by Gasteiger charge is 2.16. The SMILES string of the molecule is CCN(CC(=O)Nc1cc(Cl)ccc1C)CC(=O)Nc1cc(Cl)ccc1Oc1ccccc1. The van der Waals surface area contributed by atoms with E-state index in [9.17, 15) is 9.59 Å². The smallest absolute Gasteiger partial charge is 0.238 e. The molecule has 0 aliphatic heterocycles. The number of nitrogens with one attached hydrogen (secondary N) is 2. The Morgan fingerprint density at radius 2 is 1.42 bits per heavy atom. The quantitative estimate of drug-likeness (QED) is 0.390. The molecule has 0 aliphatic rings. The van der Waals surface area contributed by atoms with Gasteiger partial charge < -0.3 is 15.4 Å². The first-order valence-corrected chi connectivity index (χ1v) is 11.2. The summed E-state index contributed by atoms with van der Waals surface area (Å²) >= 11 is 12.1. The molecule has 0 heterocycles. The van der Waals surface area contributed by atoms with Gasteiger partial charge >= 0.3 is 0 Å². The van der Waals surface area contributed by atoms with E-state index in [0.29, 0.717) is 39.5 Å². The molecule has 3 aromatic carbocycles. The summed E-state index contributed by atoms with van der Waals surface area (Å²) < 4.78 is 5.89. The van der Waals surface area contributed by atoms with Gasteiger partial charge in [0.05, 0.1) is 18.8 Å². The molecule has 0 aromatic heterocycles. The maximum Gasteiger partial charge on any atom is 0.238 e. The Balaban J connectivity index is 1.62. The molecule has 0 atom stereocenters. The lowest BCUT2D eigenvalue weighted by Crippen LogP contribution is -2.38. The summed E-state index contributed by atoms with van der Waals surface area (Å²) in [6, 6.07) is 19.6. The van der Waals surface area contributed by atoms with Gasteiger partial charge in [0.15, 0.2) is 5.75 Å². The van der Waals surface area contributed by atoms with Crippen LogP contribution in [0.5, 0.6) is 11.5 Å². The van der Waals surface area contributed by atoms with Gasteiger partial charge in [-0.25, -0.2) is 0 Å². The zero-order chi connectivity index (χ0) is 23.8. The average Bonchev–Trinajstić information content (AvgIpc) is 2.78. The summed E-state index contributed by atoms with van der Waals surface area (Å²) in [5.74, 6) is 0.587. The first-order valence-electron chi connectivity index (χ1n) is 10.4. The van der Waals surface area contributed by atoms with Crippen molar-refractivity contribution in [1.82, 2.24) is 4.90 Å². The second-order valence-electron chi connectivity index (χ2n) is 7.41. The Morgan fingerprint density at radius 3 is 2.06 bits per heavy atom. The maximum absolute atomic E-state index is 12.7. The molecule has 0 spiro atoms. The number of carbonyl (C=O) groups is 2. The predicted octanol–water partition coefficient (Wildman–Crippen LogP) is 5.99. The highest BCUT2D eigenvalue weighted by molar-refractivity contribution is 6.31. The van der Waals surface area contributed by atoms with Gasteiger partial charge in [-0.1, -0.05) is 54.4 Å². The van der Waals surface area contributed by atoms with Crippen molar-refractivity contribution in [2.75, 3.05) is 30.3 Å². The third-order valence-corrected chi connectivity index (χ3v) is 5.31. The largest absolute Gasteiger partial charge is 0.455 e. The summed E-state index contributed by atoms with van der Waals surface area (Å²) in [5.41, 5.74) is 2.00. The number of para-hydroxylation sites is 1. The summed E-state index contributed by atoms with van der Waals surface area (Å²) in [6.45, 7) is 4.36. The Hall–Kier alpha value is -3.06. The molecule has 8 heteroatoms.